The molecule has 2 rings (SSSR count). The number of benzene rings is 1. The molecule has 0 bridgehead atoms. The number of nitrogens with one attached hydrogen (secondary N) is 2. The number of anilines is 1. The molecule has 0 saturated carbocycles. The van der Waals surface area contributed by atoms with Gasteiger partial charge in [-0.2, -0.15) is 0 Å². The fourth-order valence-corrected chi connectivity index (χ4v) is 3.39. The zero-order valence-electron chi connectivity index (χ0n) is 12.5. The normalized spacial score (nSPS) is 20.5. The summed E-state index contributed by atoms with van der Waals surface area (Å²) in [4.78, 5) is 35.6. The number of amides is 2. The molecule has 2 unspecified atom stereocenters. The minimum atomic E-state index is -0.653. The molecule has 1 aliphatic heterocycles. The number of thioether (sulfide) groups is 1. The number of esters is 1. The summed E-state index contributed by atoms with van der Waals surface area (Å²) in [6.45, 7) is 1.97. The van der Waals surface area contributed by atoms with Crippen LogP contribution in [0.1, 0.15) is 13.3 Å². The van der Waals surface area contributed by atoms with Gasteiger partial charge in [0.1, 0.15) is 6.04 Å². The molecule has 0 aromatic heterocycles. The van der Waals surface area contributed by atoms with Crippen LogP contribution in [0.4, 0.5) is 5.69 Å². The van der Waals surface area contributed by atoms with Crippen molar-refractivity contribution in [2.24, 2.45) is 0 Å². The lowest BCUT2D eigenvalue weighted by molar-refractivity contribution is -0.146. The number of carbonyl (C=O) groups excluding carboxylic acids is 3. The van der Waals surface area contributed by atoms with Crippen LogP contribution in [0.25, 0.3) is 0 Å². The smallest absolute Gasteiger partial charge is 0.329 e. The highest BCUT2D eigenvalue weighted by Gasteiger charge is 2.34. The molecule has 1 aromatic rings. The quantitative estimate of drug-likeness (QED) is 0.786. The van der Waals surface area contributed by atoms with Crippen molar-refractivity contribution in [3.8, 4) is 0 Å². The van der Waals surface area contributed by atoms with Crippen LogP contribution in [0, 0.1) is 0 Å². The van der Waals surface area contributed by atoms with E-state index >= 15 is 0 Å². The molecule has 23 heavy (non-hydrogen) atoms. The largest absolute Gasteiger partial charge is 0.464 e. The van der Waals surface area contributed by atoms with Crippen LogP contribution in [-0.2, 0) is 19.1 Å². The van der Waals surface area contributed by atoms with Crippen molar-refractivity contribution >= 4 is 46.8 Å². The lowest BCUT2D eigenvalue weighted by Crippen LogP contribution is -2.51. The molecule has 2 amide bonds. The summed E-state index contributed by atoms with van der Waals surface area (Å²) in [6.07, 6.45) is 0.0263. The highest BCUT2D eigenvalue weighted by Crippen LogP contribution is 2.22. The van der Waals surface area contributed by atoms with E-state index in [1.165, 1.54) is 11.8 Å². The molecule has 2 atom stereocenters. The molecule has 0 spiro atoms. The predicted molar refractivity (Wildman–Crippen MR) is 89.5 cm³/mol. The van der Waals surface area contributed by atoms with E-state index in [0.717, 1.165) is 0 Å². The molecule has 0 radical (unpaired) electrons. The van der Waals surface area contributed by atoms with E-state index in [4.69, 9.17) is 16.3 Å². The maximum atomic E-state index is 12.0. The highest BCUT2D eigenvalue weighted by atomic mass is 35.5. The molecule has 1 heterocycles. The van der Waals surface area contributed by atoms with Gasteiger partial charge in [-0.3, -0.25) is 9.59 Å². The summed E-state index contributed by atoms with van der Waals surface area (Å²) in [7, 11) is 0. The second-order valence-electron chi connectivity index (χ2n) is 4.90. The standard InChI is InChI=1S/C15H17ClN2O4S/c1-2-22-15(21)11-8-23-12(14(20)18-11)7-13(19)17-10-5-3-4-9(16)6-10/h3-6,11-12H,2,7-8H2,1H3,(H,17,19)(H,18,20). The maximum absolute atomic E-state index is 12.0. The molecule has 2 N–H and O–H groups in total. The molecule has 6 nitrogen and oxygen atoms in total. The number of halogens is 1. The molecular weight excluding hydrogens is 340 g/mol. The van der Waals surface area contributed by atoms with Gasteiger partial charge in [0.25, 0.3) is 0 Å². The summed E-state index contributed by atoms with van der Waals surface area (Å²) in [5.41, 5.74) is 0.577. The number of carbonyl (C=O) groups is 3. The predicted octanol–water partition coefficient (Wildman–Crippen LogP) is 1.83. The Morgan fingerprint density at radius 2 is 2.26 bits per heavy atom. The zero-order chi connectivity index (χ0) is 16.8. The van der Waals surface area contributed by atoms with E-state index in [-0.39, 0.29) is 24.8 Å². The second-order valence-corrected chi connectivity index (χ2v) is 6.57. The number of hydrogen-bond acceptors (Lipinski definition) is 5. The van der Waals surface area contributed by atoms with Gasteiger partial charge >= 0.3 is 5.97 Å². The first kappa shape index (κ1) is 17.6. The summed E-state index contributed by atoms with van der Waals surface area (Å²) in [6, 6.07) is 6.12. The average molecular weight is 357 g/mol. The van der Waals surface area contributed by atoms with Crippen LogP contribution in [0.3, 0.4) is 0 Å². The van der Waals surface area contributed by atoms with Gasteiger partial charge in [-0.1, -0.05) is 17.7 Å². The third-order valence-electron chi connectivity index (χ3n) is 3.12. The van der Waals surface area contributed by atoms with Gasteiger partial charge in [-0.15, -0.1) is 11.8 Å². The van der Waals surface area contributed by atoms with Gasteiger partial charge in [0.05, 0.1) is 11.9 Å². The van der Waals surface area contributed by atoms with Crippen LogP contribution in [0.5, 0.6) is 0 Å². The fraction of sp³-hybridized carbons (Fsp3) is 0.400. The molecule has 124 valence electrons. The molecule has 1 aromatic carbocycles. The molecule has 0 aliphatic carbocycles. The molecule has 8 heteroatoms. The molecule has 1 fully saturated rings. The summed E-state index contributed by atoms with van der Waals surface area (Å²) in [5.74, 6) is -0.676. The number of ether oxygens (including phenoxy) is 1. The van der Waals surface area contributed by atoms with Crippen LogP contribution in [0.2, 0.25) is 5.02 Å². The van der Waals surface area contributed by atoms with Crippen LogP contribution >= 0.6 is 23.4 Å². The Hall–Kier alpha value is -1.73. The Kier molecular flexibility index (Phi) is 6.29. The topological polar surface area (TPSA) is 84.5 Å². The van der Waals surface area contributed by atoms with Crippen molar-refractivity contribution in [1.29, 1.82) is 0 Å². The Morgan fingerprint density at radius 3 is 2.91 bits per heavy atom. The monoisotopic (exact) mass is 356 g/mol. The first-order valence-corrected chi connectivity index (χ1v) is 8.56. The number of hydrogen-bond donors (Lipinski definition) is 2. The first-order valence-electron chi connectivity index (χ1n) is 7.13. The number of rotatable bonds is 5. The van der Waals surface area contributed by atoms with Gasteiger partial charge in [-0.25, -0.2) is 4.79 Å². The molecule has 1 aliphatic rings. The average Bonchev–Trinajstić information content (AvgIpc) is 2.49. The summed E-state index contributed by atoms with van der Waals surface area (Å²) < 4.78 is 4.88. The van der Waals surface area contributed by atoms with Crippen molar-refractivity contribution in [1.82, 2.24) is 5.32 Å². The van der Waals surface area contributed by atoms with Crippen molar-refractivity contribution in [2.75, 3.05) is 17.7 Å². The van der Waals surface area contributed by atoms with Gasteiger partial charge in [0, 0.05) is 22.9 Å². The summed E-state index contributed by atoms with van der Waals surface area (Å²) in [5, 5.41) is 5.28. The van der Waals surface area contributed by atoms with Crippen LogP contribution in [0.15, 0.2) is 24.3 Å². The van der Waals surface area contributed by atoms with Crippen molar-refractivity contribution in [2.45, 2.75) is 24.6 Å². The van der Waals surface area contributed by atoms with E-state index in [0.29, 0.717) is 16.5 Å². The second kappa shape index (κ2) is 8.21. The third kappa shape index (κ3) is 5.14. The molecule has 1 saturated heterocycles. The lowest BCUT2D eigenvalue weighted by atomic mass is 10.2. The van der Waals surface area contributed by atoms with Gasteiger partial charge in [0.15, 0.2) is 0 Å². The van der Waals surface area contributed by atoms with E-state index in [9.17, 15) is 14.4 Å². The molecular formula is C15H17ClN2O4S. The van der Waals surface area contributed by atoms with Gasteiger partial charge < -0.3 is 15.4 Å². The lowest BCUT2D eigenvalue weighted by Gasteiger charge is -2.27. The van der Waals surface area contributed by atoms with E-state index in [1.54, 1.807) is 31.2 Å². The Balaban J connectivity index is 1.85. The van der Waals surface area contributed by atoms with Gasteiger partial charge in [0.2, 0.25) is 11.8 Å². The Labute approximate surface area is 143 Å². The minimum absolute atomic E-state index is 0.0263. The summed E-state index contributed by atoms with van der Waals surface area (Å²) >= 11 is 7.13. The van der Waals surface area contributed by atoms with E-state index in [2.05, 4.69) is 10.6 Å². The highest BCUT2D eigenvalue weighted by molar-refractivity contribution is 8.00. The van der Waals surface area contributed by atoms with Gasteiger partial charge in [-0.05, 0) is 25.1 Å². The Morgan fingerprint density at radius 1 is 1.48 bits per heavy atom. The minimum Gasteiger partial charge on any atom is -0.464 e. The van der Waals surface area contributed by atoms with Crippen LogP contribution < -0.4 is 10.6 Å². The van der Waals surface area contributed by atoms with E-state index < -0.39 is 17.3 Å². The third-order valence-corrected chi connectivity index (χ3v) is 4.67. The van der Waals surface area contributed by atoms with Crippen molar-refractivity contribution < 1.29 is 19.1 Å². The van der Waals surface area contributed by atoms with Crippen molar-refractivity contribution in [3.63, 3.8) is 0 Å². The van der Waals surface area contributed by atoms with E-state index in [1.807, 2.05) is 0 Å². The fourth-order valence-electron chi connectivity index (χ4n) is 2.06. The maximum Gasteiger partial charge on any atom is 0.329 e. The van der Waals surface area contributed by atoms with Crippen LogP contribution in [-0.4, -0.2) is 41.4 Å². The zero-order valence-corrected chi connectivity index (χ0v) is 14.1. The first-order chi connectivity index (χ1) is 11.0. The SMILES string of the molecule is CCOC(=O)C1CSC(CC(=O)Nc2cccc(Cl)c2)C(=O)N1. The van der Waals surface area contributed by atoms with Crippen molar-refractivity contribution in [3.05, 3.63) is 29.3 Å². The Bertz CT molecular complexity index is 611.